The molecule has 0 aliphatic carbocycles. The molecular formula is C16H20N4OS. The molecule has 1 aliphatic rings. The number of methoxy groups -OCH3 is 1. The normalized spacial score (nSPS) is 15.7. The Hall–Kier alpha value is -1.92. The van der Waals surface area contributed by atoms with Crippen LogP contribution < -0.4 is 10.5 Å². The summed E-state index contributed by atoms with van der Waals surface area (Å²) in [5.41, 5.74) is 7.83. The average Bonchev–Trinajstić information content (AvgIpc) is 2.79. The maximum absolute atomic E-state index is 5.78. The Kier molecular flexibility index (Phi) is 4.70. The monoisotopic (exact) mass is 316 g/mol. The highest BCUT2D eigenvalue weighted by atomic mass is 32.1. The Morgan fingerprint density at radius 1 is 1.41 bits per heavy atom. The highest BCUT2D eigenvalue weighted by molar-refractivity contribution is 7.15. The number of nitrogens with two attached hydrogens (primary N) is 1. The number of pyridine rings is 1. The van der Waals surface area contributed by atoms with Gasteiger partial charge in [-0.05, 0) is 24.6 Å². The molecule has 0 spiro atoms. The van der Waals surface area contributed by atoms with Gasteiger partial charge in [-0.3, -0.25) is 9.88 Å². The van der Waals surface area contributed by atoms with E-state index in [1.54, 1.807) is 24.6 Å². The second kappa shape index (κ2) is 6.89. The average molecular weight is 316 g/mol. The largest absolute Gasteiger partial charge is 0.494 e. The Morgan fingerprint density at radius 3 is 3.14 bits per heavy atom. The van der Waals surface area contributed by atoms with Crippen molar-refractivity contribution in [3.63, 3.8) is 0 Å². The van der Waals surface area contributed by atoms with Crippen molar-refractivity contribution in [3.8, 4) is 5.75 Å². The number of hydrogen-bond acceptors (Lipinski definition) is 6. The van der Waals surface area contributed by atoms with E-state index in [1.165, 1.54) is 10.6 Å². The first-order chi connectivity index (χ1) is 10.8. The first-order valence-corrected chi connectivity index (χ1v) is 8.20. The lowest BCUT2D eigenvalue weighted by atomic mass is 10.2. The molecule has 0 radical (unpaired) electrons. The summed E-state index contributed by atoms with van der Waals surface area (Å²) < 4.78 is 5.30. The number of hydrogen-bond donors (Lipinski definition) is 1. The number of rotatable bonds is 4. The van der Waals surface area contributed by atoms with Crippen molar-refractivity contribution in [1.29, 1.82) is 0 Å². The number of ether oxygens (including phenoxy) is 1. The quantitative estimate of drug-likeness (QED) is 0.937. The van der Waals surface area contributed by atoms with E-state index >= 15 is 0 Å². The summed E-state index contributed by atoms with van der Waals surface area (Å²) in [6, 6.07) is 3.80. The predicted molar refractivity (Wildman–Crippen MR) is 90.2 cm³/mol. The number of nitrogen functional groups attached to an aromatic ring is 1. The van der Waals surface area contributed by atoms with Crippen LogP contribution in [0, 0.1) is 0 Å². The molecule has 5 nitrogen and oxygen atoms in total. The zero-order chi connectivity index (χ0) is 15.4. The molecule has 22 heavy (non-hydrogen) atoms. The van der Waals surface area contributed by atoms with Crippen molar-refractivity contribution in [2.45, 2.75) is 12.8 Å². The zero-order valence-electron chi connectivity index (χ0n) is 12.7. The van der Waals surface area contributed by atoms with Crippen LogP contribution in [-0.4, -0.2) is 41.6 Å². The topological polar surface area (TPSA) is 64.3 Å². The number of thiazole rings is 1. The van der Waals surface area contributed by atoms with E-state index in [9.17, 15) is 0 Å². The fourth-order valence-corrected chi connectivity index (χ4v) is 3.49. The molecule has 0 fully saturated rings. The van der Waals surface area contributed by atoms with Crippen molar-refractivity contribution >= 4 is 22.5 Å². The molecule has 0 atom stereocenters. The van der Waals surface area contributed by atoms with Crippen molar-refractivity contribution in [2.75, 3.05) is 32.5 Å². The second-order valence-electron chi connectivity index (χ2n) is 5.22. The van der Waals surface area contributed by atoms with Crippen LogP contribution >= 0.6 is 11.3 Å². The molecule has 0 unspecified atom stereocenters. The molecule has 2 aromatic rings. The predicted octanol–water partition coefficient (Wildman–Crippen LogP) is 2.24. The Labute approximate surface area is 134 Å². The second-order valence-corrected chi connectivity index (χ2v) is 6.33. The van der Waals surface area contributed by atoms with Gasteiger partial charge in [-0.1, -0.05) is 6.08 Å². The van der Waals surface area contributed by atoms with Crippen LogP contribution in [0.4, 0.5) is 5.13 Å². The standard InChI is InChI=1S/C16H20N4OS/c1-21-14-5-2-8-18-12(14)4-3-9-20-10-6-13-15(7-11-20)22-16(17)19-13/h2-5,8H,6-7,9-11H2,1H3,(H2,17,19)/b4-3+. The zero-order valence-corrected chi connectivity index (χ0v) is 13.5. The van der Waals surface area contributed by atoms with Crippen molar-refractivity contribution in [2.24, 2.45) is 0 Å². The third-order valence-corrected chi connectivity index (χ3v) is 4.76. The molecule has 1 aliphatic heterocycles. The van der Waals surface area contributed by atoms with Crippen molar-refractivity contribution in [3.05, 3.63) is 40.7 Å². The van der Waals surface area contributed by atoms with Crippen molar-refractivity contribution in [1.82, 2.24) is 14.9 Å². The number of aromatic nitrogens is 2. The summed E-state index contributed by atoms with van der Waals surface area (Å²) in [6.07, 6.45) is 7.96. The smallest absolute Gasteiger partial charge is 0.180 e. The fraction of sp³-hybridized carbons (Fsp3) is 0.375. The minimum absolute atomic E-state index is 0.695. The van der Waals surface area contributed by atoms with Gasteiger partial charge in [0.15, 0.2) is 5.13 Å². The van der Waals surface area contributed by atoms with Gasteiger partial charge in [0.05, 0.1) is 12.8 Å². The summed E-state index contributed by atoms with van der Waals surface area (Å²) in [6.45, 7) is 2.96. The molecule has 2 aromatic heterocycles. The van der Waals surface area contributed by atoms with Crippen LogP contribution in [-0.2, 0) is 12.8 Å². The molecule has 0 saturated heterocycles. The molecule has 116 valence electrons. The summed E-state index contributed by atoms with van der Waals surface area (Å²) in [7, 11) is 1.67. The molecule has 3 rings (SSSR count). The van der Waals surface area contributed by atoms with Crippen LogP contribution in [0.1, 0.15) is 16.3 Å². The Morgan fingerprint density at radius 2 is 2.27 bits per heavy atom. The van der Waals surface area contributed by atoms with Gasteiger partial charge in [0.2, 0.25) is 0 Å². The molecule has 3 heterocycles. The van der Waals surface area contributed by atoms with E-state index < -0.39 is 0 Å². The molecular weight excluding hydrogens is 296 g/mol. The lowest BCUT2D eigenvalue weighted by molar-refractivity contribution is 0.318. The SMILES string of the molecule is COc1cccnc1/C=C/CN1CCc2nc(N)sc2CC1. The lowest BCUT2D eigenvalue weighted by Gasteiger charge is -2.17. The molecule has 6 heteroatoms. The van der Waals surface area contributed by atoms with Gasteiger partial charge in [0, 0.05) is 37.1 Å². The fourth-order valence-electron chi connectivity index (χ4n) is 2.63. The van der Waals surface area contributed by atoms with E-state index in [0.29, 0.717) is 5.13 Å². The van der Waals surface area contributed by atoms with Gasteiger partial charge in [0.1, 0.15) is 11.4 Å². The van der Waals surface area contributed by atoms with Crippen LogP contribution in [0.2, 0.25) is 0 Å². The van der Waals surface area contributed by atoms with Crippen LogP contribution in [0.25, 0.3) is 6.08 Å². The molecule has 0 saturated carbocycles. The summed E-state index contributed by atoms with van der Waals surface area (Å²) in [5.74, 6) is 0.802. The van der Waals surface area contributed by atoms with Gasteiger partial charge in [-0.25, -0.2) is 4.98 Å². The van der Waals surface area contributed by atoms with Crippen LogP contribution in [0.5, 0.6) is 5.75 Å². The first kappa shape index (κ1) is 15.0. The first-order valence-electron chi connectivity index (χ1n) is 7.38. The van der Waals surface area contributed by atoms with Gasteiger partial charge >= 0.3 is 0 Å². The molecule has 2 N–H and O–H groups in total. The van der Waals surface area contributed by atoms with Crippen LogP contribution in [0.3, 0.4) is 0 Å². The lowest BCUT2D eigenvalue weighted by Crippen LogP contribution is -2.26. The molecule has 0 bridgehead atoms. The van der Waals surface area contributed by atoms with Gasteiger partial charge < -0.3 is 10.5 Å². The van der Waals surface area contributed by atoms with Gasteiger partial charge in [0.25, 0.3) is 0 Å². The van der Waals surface area contributed by atoms with E-state index in [4.69, 9.17) is 10.5 Å². The minimum Gasteiger partial charge on any atom is -0.494 e. The number of fused-ring (bicyclic) bond motifs is 1. The maximum Gasteiger partial charge on any atom is 0.180 e. The van der Waals surface area contributed by atoms with E-state index in [0.717, 1.165) is 43.9 Å². The van der Waals surface area contributed by atoms with E-state index in [2.05, 4.69) is 20.9 Å². The highest BCUT2D eigenvalue weighted by Crippen LogP contribution is 2.24. The summed E-state index contributed by atoms with van der Waals surface area (Å²) >= 11 is 1.63. The molecule has 0 aromatic carbocycles. The highest BCUT2D eigenvalue weighted by Gasteiger charge is 2.16. The van der Waals surface area contributed by atoms with Crippen molar-refractivity contribution < 1.29 is 4.74 Å². The minimum atomic E-state index is 0.695. The Balaban J connectivity index is 1.58. The van der Waals surface area contributed by atoms with Crippen LogP contribution in [0.15, 0.2) is 24.4 Å². The van der Waals surface area contributed by atoms with Gasteiger partial charge in [-0.2, -0.15) is 0 Å². The van der Waals surface area contributed by atoms with E-state index in [1.807, 2.05) is 18.2 Å². The maximum atomic E-state index is 5.78. The van der Waals surface area contributed by atoms with E-state index in [-0.39, 0.29) is 0 Å². The number of nitrogens with zero attached hydrogens (tertiary/aromatic N) is 3. The third kappa shape index (κ3) is 3.45. The Bertz CT molecular complexity index is 642. The van der Waals surface area contributed by atoms with Gasteiger partial charge in [-0.15, -0.1) is 11.3 Å². The molecule has 0 amide bonds. The third-order valence-electron chi connectivity index (χ3n) is 3.77. The summed E-state index contributed by atoms with van der Waals surface area (Å²) in [4.78, 5) is 12.5. The summed E-state index contributed by atoms with van der Waals surface area (Å²) in [5, 5.41) is 0.695. The number of anilines is 1.